The predicted molar refractivity (Wildman–Crippen MR) is 95.2 cm³/mol. The van der Waals surface area contributed by atoms with E-state index in [0.717, 1.165) is 19.3 Å². The number of likely N-dealkylation sites (tertiary alicyclic amines) is 1. The van der Waals surface area contributed by atoms with E-state index in [-0.39, 0.29) is 36.1 Å². The second-order valence-corrected chi connectivity index (χ2v) is 8.41. The van der Waals surface area contributed by atoms with Gasteiger partial charge in [-0.05, 0) is 53.4 Å². The van der Waals surface area contributed by atoms with Crippen molar-refractivity contribution in [3.05, 3.63) is 0 Å². The Hall–Kier alpha value is -1.28. The number of carbonyl (C=O) groups is 2. The molecule has 0 saturated carbocycles. The van der Waals surface area contributed by atoms with Crippen LogP contribution in [0.2, 0.25) is 5.82 Å². The fourth-order valence-corrected chi connectivity index (χ4v) is 3.59. The standard InChI is InChI=1S/C17H30BN3O4/c1-16(2)17(3,4)25-18(24-16)12-8-10-21(11-12)15(23)20-13-7-5-6-9-19-14(13)22/h12-13H,5-11H2,1-4H3,(H,19,22)(H,20,23). The quantitative estimate of drug-likeness (QED) is 0.740. The van der Waals surface area contributed by atoms with E-state index >= 15 is 0 Å². The molecule has 3 rings (SSSR count). The molecule has 0 aromatic heterocycles. The van der Waals surface area contributed by atoms with E-state index in [1.807, 2.05) is 27.7 Å². The molecular weight excluding hydrogens is 321 g/mol. The summed E-state index contributed by atoms with van der Waals surface area (Å²) in [7, 11) is -0.288. The Morgan fingerprint density at radius 3 is 2.56 bits per heavy atom. The summed E-state index contributed by atoms with van der Waals surface area (Å²) in [5.74, 6) is 0.0855. The summed E-state index contributed by atoms with van der Waals surface area (Å²) in [5, 5.41) is 5.74. The first-order valence-electron chi connectivity index (χ1n) is 9.38. The van der Waals surface area contributed by atoms with Crippen LogP contribution in [0.15, 0.2) is 0 Å². The zero-order valence-electron chi connectivity index (χ0n) is 15.8. The van der Waals surface area contributed by atoms with Gasteiger partial charge in [0.1, 0.15) is 6.04 Å². The molecule has 2 atom stereocenters. The van der Waals surface area contributed by atoms with Gasteiger partial charge in [-0.25, -0.2) is 4.79 Å². The number of rotatable bonds is 2. The smallest absolute Gasteiger partial charge is 0.403 e. The predicted octanol–water partition coefficient (Wildman–Crippen LogP) is 1.53. The third-order valence-electron chi connectivity index (χ3n) is 6.00. The highest BCUT2D eigenvalue weighted by Gasteiger charge is 2.54. The first-order valence-corrected chi connectivity index (χ1v) is 9.38. The molecular formula is C17H30BN3O4. The van der Waals surface area contributed by atoms with Gasteiger partial charge < -0.3 is 24.8 Å². The van der Waals surface area contributed by atoms with Crippen LogP contribution in [0.1, 0.15) is 53.4 Å². The summed E-state index contributed by atoms with van der Waals surface area (Å²) in [6, 6.07) is -0.591. The Morgan fingerprint density at radius 1 is 1.20 bits per heavy atom. The largest absolute Gasteiger partial charge is 0.463 e. The average Bonchev–Trinajstić information content (AvgIpc) is 3.02. The Bertz CT molecular complexity index is 524. The van der Waals surface area contributed by atoms with Crippen molar-refractivity contribution in [1.82, 2.24) is 15.5 Å². The van der Waals surface area contributed by atoms with Crippen LogP contribution in [0.4, 0.5) is 4.79 Å². The van der Waals surface area contributed by atoms with E-state index in [4.69, 9.17) is 9.31 Å². The summed E-state index contributed by atoms with van der Waals surface area (Å²) in [6.45, 7) is 10.1. The number of nitrogens with zero attached hydrogens (tertiary/aromatic N) is 1. The Balaban J connectivity index is 1.54. The van der Waals surface area contributed by atoms with Gasteiger partial charge in [-0.15, -0.1) is 0 Å². The molecule has 0 bridgehead atoms. The normalized spacial score (nSPS) is 31.6. The number of hydrogen-bond donors (Lipinski definition) is 2. The molecule has 3 saturated heterocycles. The molecule has 0 aromatic carbocycles. The van der Waals surface area contributed by atoms with Gasteiger partial charge in [-0.3, -0.25) is 4.79 Å². The molecule has 2 unspecified atom stereocenters. The van der Waals surface area contributed by atoms with Gasteiger partial charge in [-0.2, -0.15) is 0 Å². The van der Waals surface area contributed by atoms with E-state index < -0.39 is 6.04 Å². The first-order chi connectivity index (χ1) is 11.7. The average molecular weight is 351 g/mol. The zero-order chi connectivity index (χ0) is 18.2. The molecule has 8 heteroatoms. The summed E-state index contributed by atoms with van der Waals surface area (Å²) in [5.41, 5.74) is -0.711. The van der Waals surface area contributed by atoms with Crippen molar-refractivity contribution in [3.63, 3.8) is 0 Å². The van der Waals surface area contributed by atoms with E-state index in [1.54, 1.807) is 4.90 Å². The number of hydrogen-bond acceptors (Lipinski definition) is 4. The van der Waals surface area contributed by atoms with Crippen molar-refractivity contribution in [3.8, 4) is 0 Å². The first kappa shape index (κ1) is 18.5. The van der Waals surface area contributed by atoms with Gasteiger partial charge in [0.2, 0.25) is 5.91 Å². The fraction of sp³-hybridized carbons (Fsp3) is 0.882. The van der Waals surface area contributed by atoms with E-state index in [0.29, 0.717) is 26.1 Å². The molecule has 3 heterocycles. The lowest BCUT2D eigenvalue weighted by Gasteiger charge is -2.32. The molecule has 3 amide bonds. The Labute approximate surface area is 150 Å². The van der Waals surface area contributed by atoms with Gasteiger partial charge in [0.25, 0.3) is 0 Å². The molecule has 7 nitrogen and oxygen atoms in total. The molecule has 3 fully saturated rings. The molecule has 0 aromatic rings. The van der Waals surface area contributed by atoms with Gasteiger partial charge in [0.15, 0.2) is 0 Å². The Kier molecular flexibility index (Phi) is 5.03. The number of carbonyl (C=O) groups excluding carboxylic acids is 2. The molecule has 3 aliphatic heterocycles. The van der Waals surface area contributed by atoms with Gasteiger partial charge in [0.05, 0.1) is 11.2 Å². The van der Waals surface area contributed by atoms with Crippen LogP contribution in [-0.4, -0.2) is 60.8 Å². The monoisotopic (exact) mass is 351 g/mol. The lowest BCUT2D eigenvalue weighted by Crippen LogP contribution is -2.50. The third kappa shape index (κ3) is 3.79. The van der Waals surface area contributed by atoms with Crippen LogP contribution in [0, 0.1) is 0 Å². The number of urea groups is 1. The summed E-state index contributed by atoms with van der Waals surface area (Å²) < 4.78 is 12.2. The van der Waals surface area contributed by atoms with Crippen molar-refractivity contribution in [2.75, 3.05) is 19.6 Å². The van der Waals surface area contributed by atoms with Gasteiger partial charge >= 0.3 is 13.1 Å². The van der Waals surface area contributed by atoms with Gasteiger partial charge in [-0.1, -0.05) is 0 Å². The van der Waals surface area contributed by atoms with Crippen molar-refractivity contribution < 1.29 is 18.9 Å². The lowest BCUT2D eigenvalue weighted by atomic mass is 9.71. The van der Waals surface area contributed by atoms with Crippen LogP contribution in [0.5, 0.6) is 0 Å². The third-order valence-corrected chi connectivity index (χ3v) is 6.00. The molecule has 0 aliphatic carbocycles. The maximum absolute atomic E-state index is 12.5. The maximum atomic E-state index is 12.5. The Morgan fingerprint density at radius 2 is 1.88 bits per heavy atom. The van der Waals surface area contributed by atoms with Crippen molar-refractivity contribution in [2.24, 2.45) is 0 Å². The zero-order valence-corrected chi connectivity index (χ0v) is 15.8. The molecule has 140 valence electrons. The molecule has 3 aliphatic rings. The van der Waals surface area contributed by atoms with Gasteiger partial charge in [0, 0.05) is 25.5 Å². The van der Waals surface area contributed by atoms with Crippen molar-refractivity contribution in [1.29, 1.82) is 0 Å². The SMILES string of the molecule is CC1(C)OB(C2CCN(C(=O)NC3CCCCNC3=O)C2)OC1(C)C. The molecule has 2 N–H and O–H groups in total. The topological polar surface area (TPSA) is 79.9 Å². The van der Waals surface area contributed by atoms with Crippen LogP contribution in [0.3, 0.4) is 0 Å². The highest BCUT2D eigenvalue weighted by molar-refractivity contribution is 6.47. The van der Waals surface area contributed by atoms with E-state index in [1.165, 1.54) is 0 Å². The maximum Gasteiger partial charge on any atom is 0.463 e. The summed E-state index contributed by atoms with van der Waals surface area (Å²) in [4.78, 5) is 26.3. The number of nitrogens with one attached hydrogen (secondary N) is 2. The van der Waals surface area contributed by atoms with Crippen LogP contribution >= 0.6 is 0 Å². The second-order valence-electron chi connectivity index (χ2n) is 8.41. The minimum absolute atomic E-state index is 0.0763. The second kappa shape index (κ2) is 6.80. The summed E-state index contributed by atoms with van der Waals surface area (Å²) in [6.07, 6.45) is 3.46. The van der Waals surface area contributed by atoms with E-state index in [9.17, 15) is 9.59 Å². The van der Waals surface area contributed by atoms with Crippen molar-refractivity contribution in [2.45, 2.75) is 76.4 Å². The lowest BCUT2D eigenvalue weighted by molar-refractivity contribution is -0.122. The molecule has 0 radical (unpaired) electrons. The van der Waals surface area contributed by atoms with Crippen LogP contribution < -0.4 is 10.6 Å². The highest BCUT2D eigenvalue weighted by Crippen LogP contribution is 2.42. The minimum atomic E-state index is -0.425. The van der Waals surface area contributed by atoms with Crippen molar-refractivity contribution >= 4 is 19.1 Å². The summed E-state index contributed by atoms with van der Waals surface area (Å²) >= 11 is 0. The number of amides is 3. The molecule has 25 heavy (non-hydrogen) atoms. The highest BCUT2D eigenvalue weighted by atomic mass is 16.7. The molecule has 0 spiro atoms. The minimum Gasteiger partial charge on any atom is -0.403 e. The fourth-order valence-electron chi connectivity index (χ4n) is 3.59. The van der Waals surface area contributed by atoms with E-state index in [2.05, 4.69) is 10.6 Å². The van der Waals surface area contributed by atoms with Crippen LogP contribution in [-0.2, 0) is 14.1 Å². The van der Waals surface area contributed by atoms with Crippen LogP contribution in [0.25, 0.3) is 0 Å².